The fraction of sp³-hybridized carbons (Fsp3) is 0.0800. The van der Waals surface area contributed by atoms with E-state index in [1.165, 1.54) is 81.7 Å². The third-order valence-electron chi connectivity index (χ3n) is 10.8. The second-order valence-corrected chi connectivity index (χ2v) is 15.0. The van der Waals surface area contributed by atoms with Crippen LogP contribution in [0.5, 0.6) is 0 Å². The van der Waals surface area contributed by atoms with Crippen molar-refractivity contribution in [1.82, 2.24) is 9.97 Å². The van der Waals surface area contributed by atoms with Gasteiger partial charge in [-0.2, -0.15) is 0 Å². The Hall–Kier alpha value is -6.38. The van der Waals surface area contributed by atoms with Gasteiger partial charge in [0.1, 0.15) is 0 Å². The summed E-state index contributed by atoms with van der Waals surface area (Å²) in [4.78, 5) is 9.51. The van der Waals surface area contributed by atoms with Crippen LogP contribution in [-0.4, -0.2) is 9.97 Å². The van der Waals surface area contributed by atoms with Gasteiger partial charge in [0.15, 0.2) is 0 Å². The van der Waals surface area contributed by atoms with Gasteiger partial charge in [-0.15, -0.1) is 0 Å². The molecule has 0 atom stereocenters. The maximum atomic E-state index is 4.99. The molecule has 0 spiro atoms. The fourth-order valence-corrected chi connectivity index (χ4v) is 8.16. The monoisotopic (exact) mass is 664 g/mol. The summed E-state index contributed by atoms with van der Waals surface area (Å²) >= 11 is 0. The first-order chi connectivity index (χ1) is 25.4. The van der Waals surface area contributed by atoms with Crippen molar-refractivity contribution in [3.05, 3.63) is 169 Å². The molecule has 2 heterocycles. The number of pyridine rings is 2. The minimum absolute atomic E-state index is 0.0541. The van der Waals surface area contributed by atoms with E-state index in [9.17, 15) is 0 Å². The normalized spacial score (nSPS) is 12.1. The standard InChI is InChI=1S/C50H36N2/c1-50(2,3)36-27-34-22-24-40-42(31-18-20-32(21-19-31)45-16-10-17-47(52-45)46-15-8-9-26-51-46)30-44(41-25-23-35(28-36)48(34)49(40)41)43-29-33-11-4-5-12-37(33)38-13-6-7-14-39(38)43/h4-30H,1-3H3. The number of rotatable bonds is 4. The first-order valence-electron chi connectivity index (χ1n) is 18.1. The molecule has 52 heavy (non-hydrogen) atoms. The van der Waals surface area contributed by atoms with Gasteiger partial charge in [0.25, 0.3) is 0 Å². The maximum Gasteiger partial charge on any atom is 0.0893 e. The molecule has 2 aromatic heterocycles. The number of aromatic nitrogens is 2. The predicted molar refractivity (Wildman–Crippen MR) is 221 cm³/mol. The summed E-state index contributed by atoms with van der Waals surface area (Å²) in [6.07, 6.45) is 1.81. The van der Waals surface area contributed by atoms with Gasteiger partial charge in [-0.05, 0) is 123 Å². The van der Waals surface area contributed by atoms with E-state index in [0.29, 0.717) is 0 Å². The molecule has 0 aliphatic rings. The molecule has 10 aromatic rings. The van der Waals surface area contributed by atoms with Crippen LogP contribution in [0, 0.1) is 0 Å². The van der Waals surface area contributed by atoms with E-state index in [4.69, 9.17) is 4.98 Å². The van der Waals surface area contributed by atoms with Gasteiger partial charge in [-0.1, -0.05) is 142 Å². The summed E-state index contributed by atoms with van der Waals surface area (Å²) in [6, 6.07) is 57.7. The molecule has 2 nitrogen and oxygen atoms in total. The highest BCUT2D eigenvalue weighted by Gasteiger charge is 2.21. The van der Waals surface area contributed by atoms with Gasteiger partial charge in [0.05, 0.1) is 17.1 Å². The van der Waals surface area contributed by atoms with Crippen LogP contribution in [0.4, 0.5) is 0 Å². The second-order valence-electron chi connectivity index (χ2n) is 15.0. The van der Waals surface area contributed by atoms with Crippen molar-refractivity contribution in [3.63, 3.8) is 0 Å². The zero-order valence-corrected chi connectivity index (χ0v) is 29.5. The van der Waals surface area contributed by atoms with Gasteiger partial charge in [0, 0.05) is 11.8 Å². The van der Waals surface area contributed by atoms with Crippen molar-refractivity contribution < 1.29 is 0 Å². The Bertz CT molecular complexity index is 2950. The summed E-state index contributed by atoms with van der Waals surface area (Å²) in [5.41, 5.74) is 10.1. The second kappa shape index (κ2) is 11.6. The lowest BCUT2D eigenvalue weighted by molar-refractivity contribution is 0.591. The average Bonchev–Trinajstić information content (AvgIpc) is 3.19. The summed E-state index contributed by atoms with van der Waals surface area (Å²) < 4.78 is 0. The SMILES string of the molecule is CC(C)(C)c1cc2ccc3c(-c4ccc(-c5cccc(-c6ccccn6)n5)cc4)cc(-c4cc5ccccc5c5ccccc45)c4ccc(c1)c2c34. The number of nitrogens with zero attached hydrogens (tertiary/aromatic N) is 2. The van der Waals surface area contributed by atoms with Crippen LogP contribution in [0.25, 0.3) is 98.8 Å². The number of hydrogen-bond acceptors (Lipinski definition) is 2. The number of fused-ring (bicyclic) bond motifs is 3. The first kappa shape index (κ1) is 30.4. The molecule has 0 bridgehead atoms. The Balaban J connectivity index is 1.23. The summed E-state index contributed by atoms with van der Waals surface area (Å²) in [5.74, 6) is 0. The molecular formula is C50H36N2. The number of hydrogen-bond donors (Lipinski definition) is 0. The minimum atomic E-state index is 0.0541. The first-order valence-corrected chi connectivity index (χ1v) is 18.1. The van der Waals surface area contributed by atoms with Gasteiger partial charge in [-0.3, -0.25) is 4.98 Å². The molecule has 10 rings (SSSR count). The van der Waals surface area contributed by atoms with E-state index in [1.807, 2.05) is 30.5 Å². The summed E-state index contributed by atoms with van der Waals surface area (Å²) in [5, 5.41) is 12.9. The van der Waals surface area contributed by atoms with E-state index < -0.39 is 0 Å². The molecule has 246 valence electrons. The smallest absolute Gasteiger partial charge is 0.0893 e. The van der Waals surface area contributed by atoms with Crippen LogP contribution < -0.4 is 0 Å². The Morgan fingerprint density at radius 2 is 1.00 bits per heavy atom. The van der Waals surface area contributed by atoms with Crippen molar-refractivity contribution in [2.24, 2.45) is 0 Å². The molecule has 0 fully saturated rings. The van der Waals surface area contributed by atoms with Crippen LogP contribution in [0.2, 0.25) is 0 Å². The van der Waals surface area contributed by atoms with Gasteiger partial charge >= 0.3 is 0 Å². The lowest BCUT2D eigenvalue weighted by Gasteiger charge is -2.23. The molecule has 2 heteroatoms. The Morgan fingerprint density at radius 1 is 0.385 bits per heavy atom. The molecule has 0 aliphatic carbocycles. The topological polar surface area (TPSA) is 25.8 Å². The molecule has 0 radical (unpaired) electrons. The highest BCUT2D eigenvalue weighted by atomic mass is 14.8. The Kier molecular flexibility index (Phi) is 6.78. The van der Waals surface area contributed by atoms with Crippen LogP contribution in [0.15, 0.2) is 164 Å². The highest BCUT2D eigenvalue weighted by molar-refractivity contribution is 6.29. The minimum Gasteiger partial charge on any atom is -0.255 e. The molecule has 0 N–H and O–H groups in total. The third kappa shape index (κ3) is 4.86. The Morgan fingerprint density at radius 3 is 1.73 bits per heavy atom. The molecule has 0 saturated carbocycles. The third-order valence-corrected chi connectivity index (χ3v) is 10.8. The lowest BCUT2D eigenvalue weighted by Crippen LogP contribution is -2.10. The largest absolute Gasteiger partial charge is 0.255 e. The van der Waals surface area contributed by atoms with Gasteiger partial charge < -0.3 is 0 Å². The molecule has 8 aromatic carbocycles. The van der Waals surface area contributed by atoms with Crippen molar-refractivity contribution in [1.29, 1.82) is 0 Å². The maximum absolute atomic E-state index is 4.99. The van der Waals surface area contributed by atoms with Crippen LogP contribution in [-0.2, 0) is 5.41 Å². The van der Waals surface area contributed by atoms with Gasteiger partial charge in [-0.25, -0.2) is 4.98 Å². The van der Waals surface area contributed by atoms with Crippen molar-refractivity contribution >= 4 is 53.9 Å². The number of benzene rings is 8. The predicted octanol–water partition coefficient (Wildman–Crippen LogP) is 13.6. The summed E-state index contributed by atoms with van der Waals surface area (Å²) in [7, 11) is 0. The van der Waals surface area contributed by atoms with Crippen molar-refractivity contribution in [3.8, 4) is 44.9 Å². The fourth-order valence-electron chi connectivity index (χ4n) is 8.16. The molecular weight excluding hydrogens is 629 g/mol. The lowest BCUT2D eigenvalue weighted by atomic mass is 9.81. The molecule has 0 unspecified atom stereocenters. The van der Waals surface area contributed by atoms with E-state index in [2.05, 4.69) is 159 Å². The zero-order chi connectivity index (χ0) is 35.0. The highest BCUT2D eigenvalue weighted by Crippen LogP contribution is 2.47. The average molecular weight is 665 g/mol. The molecule has 0 amide bonds. The van der Waals surface area contributed by atoms with E-state index in [0.717, 1.165) is 22.6 Å². The van der Waals surface area contributed by atoms with Crippen LogP contribution in [0.1, 0.15) is 26.3 Å². The van der Waals surface area contributed by atoms with E-state index in [1.54, 1.807) is 0 Å². The van der Waals surface area contributed by atoms with E-state index in [-0.39, 0.29) is 5.41 Å². The van der Waals surface area contributed by atoms with Crippen LogP contribution >= 0.6 is 0 Å². The molecule has 0 aliphatic heterocycles. The van der Waals surface area contributed by atoms with Gasteiger partial charge in [0.2, 0.25) is 0 Å². The molecule has 0 saturated heterocycles. The Labute approximate surface area is 303 Å². The quantitative estimate of drug-likeness (QED) is 0.175. The van der Waals surface area contributed by atoms with Crippen LogP contribution in [0.3, 0.4) is 0 Å². The van der Waals surface area contributed by atoms with E-state index >= 15 is 0 Å². The zero-order valence-electron chi connectivity index (χ0n) is 29.5. The summed E-state index contributed by atoms with van der Waals surface area (Å²) in [6.45, 7) is 6.90. The van der Waals surface area contributed by atoms with Crippen molar-refractivity contribution in [2.45, 2.75) is 26.2 Å². The van der Waals surface area contributed by atoms with Crippen molar-refractivity contribution in [2.75, 3.05) is 0 Å².